The second kappa shape index (κ2) is 8.04. The molecular weight excluding hydrogens is 404 g/mol. The highest BCUT2D eigenvalue weighted by molar-refractivity contribution is 6.30. The van der Waals surface area contributed by atoms with Crippen LogP contribution in [0.3, 0.4) is 0 Å². The first-order valence-electron chi connectivity index (χ1n) is 10.4. The van der Waals surface area contributed by atoms with Gasteiger partial charge in [0.25, 0.3) is 0 Å². The number of aliphatic hydroxyl groups is 2. The maximum atomic E-state index is 12.7. The van der Waals surface area contributed by atoms with E-state index in [0.717, 1.165) is 11.8 Å². The van der Waals surface area contributed by atoms with E-state index in [-0.39, 0.29) is 33.9 Å². The average Bonchev–Trinajstić information content (AvgIpc) is 2.97. The van der Waals surface area contributed by atoms with Gasteiger partial charge in [0.1, 0.15) is 5.76 Å². The minimum Gasteiger partial charge on any atom is -0.515 e. The zero-order chi connectivity index (χ0) is 23.0. The lowest BCUT2D eigenvalue weighted by Crippen LogP contribution is -2.31. The van der Waals surface area contributed by atoms with E-state index in [2.05, 4.69) is 4.99 Å². The van der Waals surface area contributed by atoms with Crippen LogP contribution in [0.5, 0.6) is 0 Å². The monoisotopic (exact) mass is 428 g/mol. The molecule has 6 nitrogen and oxygen atoms in total. The van der Waals surface area contributed by atoms with Gasteiger partial charge in [0.15, 0.2) is 11.6 Å². The fourth-order valence-corrected chi connectivity index (χ4v) is 4.06. The van der Waals surface area contributed by atoms with Crippen LogP contribution in [0.2, 0.25) is 0 Å². The van der Waals surface area contributed by atoms with Gasteiger partial charge in [-0.15, -0.1) is 0 Å². The average molecular weight is 428 g/mol. The van der Waals surface area contributed by atoms with Crippen LogP contribution in [0, 0.1) is 12.3 Å². The van der Waals surface area contributed by atoms with Gasteiger partial charge in [-0.25, -0.2) is 0 Å². The molecular formula is C26H24N2O4. The first-order chi connectivity index (χ1) is 15.2. The Hall–Kier alpha value is -3.80. The van der Waals surface area contributed by atoms with Crippen molar-refractivity contribution in [3.05, 3.63) is 76.6 Å². The molecule has 0 saturated heterocycles. The summed E-state index contributed by atoms with van der Waals surface area (Å²) in [5.41, 5.74) is 3.45. The van der Waals surface area contributed by atoms with Crippen molar-refractivity contribution in [2.75, 3.05) is 0 Å². The van der Waals surface area contributed by atoms with E-state index in [1.165, 1.54) is 6.21 Å². The molecule has 0 amide bonds. The largest absolute Gasteiger partial charge is 0.515 e. The zero-order valence-corrected chi connectivity index (χ0v) is 18.2. The molecule has 2 aromatic rings. The molecule has 32 heavy (non-hydrogen) atoms. The molecule has 0 aromatic heterocycles. The minimum absolute atomic E-state index is 0.0977. The van der Waals surface area contributed by atoms with Gasteiger partial charge in [-0.2, -0.15) is 0 Å². The second-order valence-electron chi connectivity index (χ2n) is 8.93. The topological polar surface area (TPSA) is 99.3 Å². The summed E-state index contributed by atoms with van der Waals surface area (Å²) in [6, 6.07) is 12.3. The number of fused-ring (bicyclic) bond motifs is 1. The summed E-state index contributed by atoms with van der Waals surface area (Å²) < 4.78 is 0. The Balaban J connectivity index is 1.74. The molecule has 0 bridgehead atoms. The summed E-state index contributed by atoms with van der Waals surface area (Å²) in [7, 11) is 0. The van der Waals surface area contributed by atoms with Crippen molar-refractivity contribution in [2.24, 2.45) is 15.4 Å². The molecule has 2 aromatic carbocycles. The molecule has 1 saturated carbocycles. The summed E-state index contributed by atoms with van der Waals surface area (Å²) in [5.74, 6) is -0.531. The summed E-state index contributed by atoms with van der Waals surface area (Å²) in [4.78, 5) is 34.3. The van der Waals surface area contributed by atoms with E-state index in [4.69, 9.17) is 4.99 Å². The van der Waals surface area contributed by atoms with E-state index < -0.39 is 0 Å². The van der Waals surface area contributed by atoms with E-state index in [9.17, 15) is 19.8 Å². The predicted octanol–water partition coefficient (Wildman–Crippen LogP) is 5.77. The van der Waals surface area contributed by atoms with E-state index in [1.54, 1.807) is 30.3 Å². The number of allylic oxidation sites excluding steroid dienone is 2. The highest BCUT2D eigenvalue weighted by atomic mass is 16.3. The van der Waals surface area contributed by atoms with Gasteiger partial charge in [-0.1, -0.05) is 44.2 Å². The zero-order valence-electron chi connectivity index (χ0n) is 18.2. The summed E-state index contributed by atoms with van der Waals surface area (Å²) in [6.07, 6.45) is 3.05. The molecule has 2 N–H and O–H groups in total. The predicted molar refractivity (Wildman–Crippen MR) is 125 cm³/mol. The summed E-state index contributed by atoms with van der Waals surface area (Å²) >= 11 is 0. The van der Waals surface area contributed by atoms with Gasteiger partial charge in [0.05, 0.1) is 34.5 Å². The lowest BCUT2D eigenvalue weighted by Gasteiger charge is -2.30. The maximum absolute atomic E-state index is 12.7. The highest BCUT2D eigenvalue weighted by Crippen LogP contribution is 2.38. The molecule has 2 aliphatic rings. The molecule has 0 aliphatic heterocycles. The minimum atomic E-state index is -0.285. The molecule has 162 valence electrons. The molecule has 0 unspecified atom stereocenters. The smallest absolute Gasteiger partial charge is 0.199 e. The van der Waals surface area contributed by atoms with Crippen LogP contribution in [-0.2, 0) is 4.79 Å². The van der Waals surface area contributed by atoms with Gasteiger partial charge < -0.3 is 10.2 Å². The number of aliphatic imine (C=N–C) groups is 2. The number of carbonyl (C=O) groups excluding carboxylic acids is 2. The number of hydrogen-bond acceptors (Lipinski definition) is 6. The number of rotatable bonds is 3. The summed E-state index contributed by atoms with van der Waals surface area (Å²) in [5, 5.41) is 20.1. The number of aliphatic hydroxyl groups excluding tert-OH is 2. The van der Waals surface area contributed by atoms with Gasteiger partial charge >= 0.3 is 0 Å². The fraction of sp³-hybridized carbons (Fsp3) is 0.231. The number of benzene rings is 2. The van der Waals surface area contributed by atoms with E-state index in [1.807, 2.05) is 32.9 Å². The van der Waals surface area contributed by atoms with Crippen molar-refractivity contribution >= 4 is 40.6 Å². The molecule has 0 atom stereocenters. The Morgan fingerprint density at radius 3 is 2.41 bits per heavy atom. The van der Waals surface area contributed by atoms with Gasteiger partial charge in [0, 0.05) is 23.8 Å². The first kappa shape index (κ1) is 21.4. The quantitative estimate of drug-likeness (QED) is 0.368. The van der Waals surface area contributed by atoms with Crippen molar-refractivity contribution in [1.29, 1.82) is 0 Å². The van der Waals surface area contributed by atoms with Crippen molar-refractivity contribution in [2.45, 2.75) is 33.6 Å². The Labute approximate surface area is 186 Å². The van der Waals surface area contributed by atoms with Crippen LogP contribution in [0.4, 0.5) is 11.4 Å². The SMILES string of the molecule is Cc1ccc(N=CC2=C(O)c3ccccc3C2=O)c(N=C2CC(C)(C)CC(=O)/C2=C/O)c1. The number of ketones is 2. The van der Waals surface area contributed by atoms with Crippen LogP contribution in [0.15, 0.2) is 69.9 Å². The Bertz CT molecular complexity index is 1260. The Morgan fingerprint density at radius 2 is 1.72 bits per heavy atom. The van der Waals surface area contributed by atoms with Crippen molar-refractivity contribution in [1.82, 2.24) is 0 Å². The van der Waals surface area contributed by atoms with E-state index in [0.29, 0.717) is 41.1 Å². The molecule has 1 fully saturated rings. The van der Waals surface area contributed by atoms with Crippen molar-refractivity contribution in [3.8, 4) is 0 Å². The summed E-state index contributed by atoms with van der Waals surface area (Å²) in [6.45, 7) is 5.90. The number of Topliss-reactive ketones (excluding diaryl/α,β-unsaturated/α-hetero) is 2. The number of hydrogen-bond donors (Lipinski definition) is 2. The van der Waals surface area contributed by atoms with Crippen LogP contribution in [0.25, 0.3) is 5.76 Å². The Morgan fingerprint density at radius 1 is 1.00 bits per heavy atom. The molecule has 0 heterocycles. The second-order valence-corrected chi connectivity index (χ2v) is 8.93. The van der Waals surface area contributed by atoms with Crippen LogP contribution in [0.1, 0.15) is 48.2 Å². The standard InChI is InChI=1S/C26H24N2O4/c1-15-8-9-20(27-13-18-24(31)16-6-4-5-7-17(16)25(18)32)21(10-15)28-22-11-26(2,3)12-23(30)19(22)14-29/h4-10,13-14,29,31H,11-12H2,1-3H3/b19-14+,27-13?,28-22?. The van der Waals surface area contributed by atoms with Gasteiger partial charge in [0.2, 0.25) is 0 Å². The van der Waals surface area contributed by atoms with Crippen LogP contribution >= 0.6 is 0 Å². The fourth-order valence-electron chi connectivity index (χ4n) is 4.06. The molecule has 6 heteroatoms. The van der Waals surface area contributed by atoms with E-state index >= 15 is 0 Å². The van der Waals surface area contributed by atoms with Crippen LogP contribution < -0.4 is 0 Å². The van der Waals surface area contributed by atoms with Crippen LogP contribution in [-0.4, -0.2) is 33.7 Å². The lowest BCUT2D eigenvalue weighted by atomic mass is 9.74. The molecule has 2 aliphatic carbocycles. The third kappa shape index (κ3) is 3.91. The number of carbonyl (C=O) groups is 2. The number of nitrogens with zero attached hydrogens (tertiary/aromatic N) is 2. The molecule has 0 radical (unpaired) electrons. The third-order valence-electron chi connectivity index (χ3n) is 5.67. The normalized spacial score (nSPS) is 20.6. The third-order valence-corrected chi connectivity index (χ3v) is 5.67. The Kier molecular flexibility index (Phi) is 5.38. The first-order valence-corrected chi connectivity index (χ1v) is 10.4. The molecule has 4 rings (SSSR count). The number of aryl methyl sites for hydroxylation is 1. The highest BCUT2D eigenvalue weighted by Gasteiger charge is 2.34. The lowest BCUT2D eigenvalue weighted by molar-refractivity contribution is -0.117. The van der Waals surface area contributed by atoms with Gasteiger partial charge in [-0.3, -0.25) is 19.6 Å². The van der Waals surface area contributed by atoms with Crippen molar-refractivity contribution < 1.29 is 19.8 Å². The maximum Gasteiger partial charge on any atom is 0.199 e. The molecule has 0 spiro atoms. The van der Waals surface area contributed by atoms with Gasteiger partial charge in [-0.05, 0) is 36.5 Å². The van der Waals surface area contributed by atoms with Crippen molar-refractivity contribution in [3.63, 3.8) is 0 Å².